The highest BCUT2D eigenvalue weighted by molar-refractivity contribution is 5.87. The summed E-state index contributed by atoms with van der Waals surface area (Å²) < 4.78 is 10.4. The number of aryl methyl sites for hydroxylation is 1. The number of hydrogen-bond donors (Lipinski definition) is 0. The summed E-state index contributed by atoms with van der Waals surface area (Å²) in [5, 5.41) is 1.04. The summed E-state index contributed by atoms with van der Waals surface area (Å²) in [7, 11) is 1.66. The Morgan fingerprint density at radius 1 is 1.36 bits per heavy atom. The van der Waals surface area contributed by atoms with Gasteiger partial charge in [-0.2, -0.15) is 0 Å². The minimum absolute atomic E-state index is 0.114. The first-order chi connectivity index (χ1) is 12.1. The number of carbonyl (C=O) groups is 1. The van der Waals surface area contributed by atoms with Crippen molar-refractivity contribution < 1.29 is 14.3 Å². The Bertz CT molecular complexity index is 725. The molecular formula is C19H25N3O3. The summed E-state index contributed by atoms with van der Waals surface area (Å²) in [6.07, 6.45) is 6.87. The summed E-state index contributed by atoms with van der Waals surface area (Å²) in [5.41, 5.74) is 2.02. The van der Waals surface area contributed by atoms with Crippen molar-refractivity contribution in [3.8, 4) is 5.75 Å². The molecular weight excluding hydrogens is 318 g/mol. The molecule has 0 amide bonds. The van der Waals surface area contributed by atoms with Crippen molar-refractivity contribution in [2.24, 2.45) is 0 Å². The number of hydrogen-bond acceptors (Lipinski definition) is 6. The first-order valence-corrected chi connectivity index (χ1v) is 8.31. The van der Waals surface area contributed by atoms with E-state index in [-0.39, 0.29) is 5.78 Å². The number of fused-ring (bicyclic) bond motifs is 1. The van der Waals surface area contributed by atoms with E-state index in [0.717, 1.165) is 55.1 Å². The molecule has 0 unspecified atom stereocenters. The summed E-state index contributed by atoms with van der Waals surface area (Å²) in [4.78, 5) is 20.9. The quantitative estimate of drug-likeness (QED) is 0.795. The van der Waals surface area contributed by atoms with Crippen molar-refractivity contribution in [2.45, 2.75) is 13.8 Å². The molecule has 1 fully saturated rings. The van der Waals surface area contributed by atoms with Crippen LogP contribution in [0.3, 0.4) is 0 Å². The lowest BCUT2D eigenvalue weighted by molar-refractivity contribution is -0.112. The Morgan fingerprint density at radius 3 is 2.80 bits per heavy atom. The third-order valence-corrected chi connectivity index (χ3v) is 3.84. The van der Waals surface area contributed by atoms with Crippen molar-refractivity contribution in [2.75, 3.05) is 40.0 Å². The fraction of sp³-hybridized carbons (Fsp3) is 0.421. The third kappa shape index (κ3) is 6.25. The second-order valence-corrected chi connectivity index (χ2v) is 5.83. The van der Waals surface area contributed by atoms with Crippen molar-refractivity contribution in [1.82, 2.24) is 14.9 Å². The van der Waals surface area contributed by atoms with E-state index in [2.05, 4.69) is 14.9 Å². The van der Waals surface area contributed by atoms with Gasteiger partial charge in [-0.1, -0.05) is 6.08 Å². The van der Waals surface area contributed by atoms with Crippen LogP contribution in [0.2, 0.25) is 0 Å². The SMILES string of the molecule is CC(=O)/C=C/CN1CCOCC1.COc1cc2ncncc2cc1C. The molecule has 0 radical (unpaired) electrons. The standard InChI is InChI=1S/C10H10N2O.C9H15NO2/c1-7-3-8-5-11-6-12-9(8)4-10(7)13-2;1-9(11)3-2-4-10-5-7-12-8-6-10/h3-6H,1-2H3;2-3H,4-8H2,1H3/b;3-2+. The molecule has 1 aliphatic rings. The summed E-state index contributed by atoms with van der Waals surface area (Å²) in [6, 6.07) is 3.94. The molecule has 2 aromatic rings. The zero-order valence-corrected chi connectivity index (χ0v) is 15.1. The van der Waals surface area contributed by atoms with Crippen LogP contribution in [0.4, 0.5) is 0 Å². The van der Waals surface area contributed by atoms with Crippen LogP contribution in [-0.2, 0) is 9.53 Å². The molecule has 25 heavy (non-hydrogen) atoms. The molecule has 3 rings (SSSR count). The molecule has 1 aliphatic heterocycles. The molecule has 0 atom stereocenters. The van der Waals surface area contributed by atoms with E-state index in [0.29, 0.717) is 0 Å². The number of carbonyl (C=O) groups excluding carboxylic acids is 1. The van der Waals surface area contributed by atoms with Crippen LogP contribution in [0.5, 0.6) is 5.75 Å². The Kier molecular flexibility index (Phi) is 7.50. The minimum atomic E-state index is 0.114. The van der Waals surface area contributed by atoms with Crippen molar-refractivity contribution in [3.63, 3.8) is 0 Å². The molecule has 6 heteroatoms. The van der Waals surface area contributed by atoms with E-state index >= 15 is 0 Å². The molecule has 0 N–H and O–H groups in total. The van der Waals surface area contributed by atoms with Crippen LogP contribution in [0, 0.1) is 6.92 Å². The average molecular weight is 343 g/mol. The van der Waals surface area contributed by atoms with E-state index in [1.165, 1.54) is 6.33 Å². The Labute approximate surface area is 148 Å². The highest BCUT2D eigenvalue weighted by atomic mass is 16.5. The van der Waals surface area contributed by atoms with Crippen molar-refractivity contribution in [3.05, 3.63) is 42.4 Å². The largest absolute Gasteiger partial charge is 0.496 e. The Hall–Kier alpha value is -2.31. The van der Waals surface area contributed by atoms with E-state index < -0.39 is 0 Å². The molecule has 134 valence electrons. The summed E-state index contributed by atoms with van der Waals surface area (Å²) >= 11 is 0. The van der Waals surface area contributed by atoms with Gasteiger partial charge in [-0.3, -0.25) is 9.69 Å². The lowest BCUT2D eigenvalue weighted by atomic mass is 10.1. The zero-order chi connectivity index (χ0) is 18.1. The van der Waals surface area contributed by atoms with Crippen LogP contribution < -0.4 is 4.74 Å². The minimum Gasteiger partial charge on any atom is -0.496 e. The maximum absolute atomic E-state index is 10.6. The predicted octanol–water partition coefficient (Wildman–Crippen LogP) is 2.41. The predicted molar refractivity (Wildman–Crippen MR) is 97.9 cm³/mol. The van der Waals surface area contributed by atoms with Gasteiger partial charge >= 0.3 is 0 Å². The smallest absolute Gasteiger partial charge is 0.152 e. The second-order valence-electron chi connectivity index (χ2n) is 5.83. The summed E-state index contributed by atoms with van der Waals surface area (Å²) in [6.45, 7) is 8.01. The maximum atomic E-state index is 10.6. The normalized spacial score (nSPS) is 15.0. The third-order valence-electron chi connectivity index (χ3n) is 3.84. The van der Waals surface area contributed by atoms with Crippen molar-refractivity contribution >= 4 is 16.7 Å². The van der Waals surface area contributed by atoms with Gasteiger partial charge in [0.25, 0.3) is 0 Å². The zero-order valence-electron chi connectivity index (χ0n) is 15.1. The fourth-order valence-electron chi connectivity index (χ4n) is 2.50. The first-order valence-electron chi connectivity index (χ1n) is 8.31. The lowest BCUT2D eigenvalue weighted by Crippen LogP contribution is -2.36. The van der Waals surface area contributed by atoms with Gasteiger partial charge in [0.05, 0.1) is 25.8 Å². The molecule has 2 heterocycles. The van der Waals surface area contributed by atoms with E-state index in [4.69, 9.17) is 9.47 Å². The molecule has 1 aromatic carbocycles. The highest BCUT2D eigenvalue weighted by Crippen LogP contribution is 2.22. The second kappa shape index (κ2) is 9.86. The topological polar surface area (TPSA) is 64.6 Å². The number of ether oxygens (including phenoxy) is 2. The van der Waals surface area contributed by atoms with Crippen LogP contribution in [0.25, 0.3) is 10.9 Å². The van der Waals surface area contributed by atoms with Gasteiger partial charge in [-0.15, -0.1) is 0 Å². The average Bonchev–Trinajstić information content (AvgIpc) is 2.62. The number of nitrogens with zero attached hydrogens (tertiary/aromatic N) is 3. The number of aromatic nitrogens is 2. The van der Waals surface area contributed by atoms with E-state index in [1.54, 1.807) is 26.3 Å². The highest BCUT2D eigenvalue weighted by Gasteiger charge is 2.07. The number of morpholine rings is 1. The van der Waals surface area contributed by atoms with Gasteiger partial charge in [0.15, 0.2) is 5.78 Å². The van der Waals surface area contributed by atoms with Gasteiger partial charge in [0, 0.05) is 37.3 Å². The van der Waals surface area contributed by atoms with E-state index in [1.807, 2.05) is 25.1 Å². The summed E-state index contributed by atoms with van der Waals surface area (Å²) in [5.74, 6) is 0.981. The lowest BCUT2D eigenvalue weighted by Gasteiger charge is -2.24. The number of methoxy groups -OCH3 is 1. The number of ketones is 1. The molecule has 1 saturated heterocycles. The molecule has 0 aliphatic carbocycles. The molecule has 0 saturated carbocycles. The Balaban J connectivity index is 0.000000181. The van der Waals surface area contributed by atoms with Crippen LogP contribution in [0.15, 0.2) is 36.8 Å². The fourth-order valence-corrected chi connectivity index (χ4v) is 2.50. The first kappa shape index (κ1) is 19.0. The number of allylic oxidation sites excluding steroid dienone is 1. The van der Waals surface area contributed by atoms with Gasteiger partial charge in [0.1, 0.15) is 12.1 Å². The van der Waals surface area contributed by atoms with Gasteiger partial charge in [0.2, 0.25) is 0 Å². The molecule has 0 bridgehead atoms. The maximum Gasteiger partial charge on any atom is 0.152 e. The van der Waals surface area contributed by atoms with Gasteiger partial charge in [-0.05, 0) is 31.6 Å². The van der Waals surface area contributed by atoms with Gasteiger partial charge < -0.3 is 9.47 Å². The van der Waals surface area contributed by atoms with Crippen molar-refractivity contribution in [1.29, 1.82) is 0 Å². The van der Waals surface area contributed by atoms with Crippen LogP contribution >= 0.6 is 0 Å². The number of rotatable bonds is 4. The van der Waals surface area contributed by atoms with Gasteiger partial charge in [-0.25, -0.2) is 9.97 Å². The van der Waals surface area contributed by atoms with Crippen LogP contribution in [0.1, 0.15) is 12.5 Å². The van der Waals surface area contributed by atoms with Crippen LogP contribution in [-0.4, -0.2) is 60.6 Å². The molecule has 6 nitrogen and oxygen atoms in total. The molecule has 1 aromatic heterocycles. The number of benzene rings is 1. The monoisotopic (exact) mass is 343 g/mol. The Morgan fingerprint density at radius 2 is 2.12 bits per heavy atom. The molecule has 0 spiro atoms. The van der Waals surface area contributed by atoms with E-state index in [9.17, 15) is 4.79 Å².